The number of hydrogen-bond acceptors (Lipinski definition) is 4. The minimum atomic E-state index is -0.0969. The average Bonchev–Trinajstić information content (AvgIpc) is 3.05. The molecule has 1 aromatic carbocycles. The number of amides is 1. The van der Waals surface area contributed by atoms with E-state index in [0.29, 0.717) is 12.2 Å². The molecule has 3 aromatic rings. The number of aryl methyl sites for hydroxylation is 4. The average molecular weight is 314 g/mol. The van der Waals surface area contributed by atoms with Crippen molar-refractivity contribution in [2.75, 3.05) is 0 Å². The van der Waals surface area contributed by atoms with E-state index in [4.69, 9.17) is 0 Å². The number of nitrogens with zero attached hydrogens (tertiary/aromatic N) is 2. The van der Waals surface area contributed by atoms with E-state index in [1.807, 2.05) is 20.8 Å². The van der Waals surface area contributed by atoms with Gasteiger partial charge in [-0.3, -0.25) is 4.79 Å². The summed E-state index contributed by atoms with van der Waals surface area (Å²) in [6, 6.07) is 4.16. The maximum Gasteiger partial charge on any atom is 0.268 e. The Morgan fingerprint density at radius 2 is 1.95 bits per heavy atom. The molecule has 0 spiro atoms. The van der Waals surface area contributed by atoms with Gasteiger partial charge in [-0.2, -0.15) is 0 Å². The van der Waals surface area contributed by atoms with Gasteiger partial charge in [0.1, 0.15) is 5.69 Å². The van der Waals surface area contributed by atoms with Crippen LogP contribution >= 0.6 is 11.5 Å². The van der Waals surface area contributed by atoms with Crippen LogP contribution < -0.4 is 5.32 Å². The molecule has 2 heterocycles. The van der Waals surface area contributed by atoms with E-state index in [1.165, 1.54) is 17.1 Å². The fourth-order valence-electron chi connectivity index (χ4n) is 2.69. The summed E-state index contributed by atoms with van der Waals surface area (Å²) in [5.41, 5.74) is 5.85. The van der Waals surface area contributed by atoms with Crippen LogP contribution in [-0.2, 0) is 6.54 Å². The third kappa shape index (κ3) is 2.39. The number of aromatic amines is 1. The van der Waals surface area contributed by atoms with Gasteiger partial charge >= 0.3 is 0 Å². The number of benzene rings is 1. The Balaban J connectivity index is 1.91. The van der Waals surface area contributed by atoms with Crippen LogP contribution in [0, 0.1) is 27.7 Å². The van der Waals surface area contributed by atoms with Crippen LogP contribution in [0.2, 0.25) is 0 Å². The van der Waals surface area contributed by atoms with Crippen molar-refractivity contribution >= 4 is 28.3 Å². The fraction of sp³-hybridized carbons (Fsp3) is 0.312. The van der Waals surface area contributed by atoms with Crippen molar-refractivity contribution in [3.05, 3.63) is 45.1 Å². The van der Waals surface area contributed by atoms with Gasteiger partial charge in [-0.1, -0.05) is 16.6 Å². The zero-order valence-electron chi connectivity index (χ0n) is 13.1. The number of nitrogens with one attached hydrogen (secondary N) is 2. The molecule has 5 nitrogen and oxygen atoms in total. The standard InChI is InChI=1S/C16H18N4OS/c1-8-5-6-9(2)14-13(8)10(3)15(18-14)16(21)17-7-12-11(4)19-20-22-12/h5-6,18H,7H2,1-4H3,(H,17,21). The van der Waals surface area contributed by atoms with Crippen molar-refractivity contribution < 1.29 is 4.79 Å². The molecular weight excluding hydrogens is 296 g/mol. The predicted molar refractivity (Wildman–Crippen MR) is 88.3 cm³/mol. The molecule has 0 fully saturated rings. The van der Waals surface area contributed by atoms with E-state index in [0.717, 1.165) is 32.6 Å². The molecule has 3 rings (SSSR count). The molecule has 0 aliphatic carbocycles. The summed E-state index contributed by atoms with van der Waals surface area (Å²) in [4.78, 5) is 16.7. The van der Waals surface area contributed by atoms with E-state index in [9.17, 15) is 4.79 Å². The topological polar surface area (TPSA) is 70.7 Å². The van der Waals surface area contributed by atoms with Crippen molar-refractivity contribution in [1.82, 2.24) is 19.9 Å². The quantitative estimate of drug-likeness (QED) is 0.780. The highest BCUT2D eigenvalue weighted by Crippen LogP contribution is 2.27. The number of carbonyl (C=O) groups is 1. The molecule has 0 bridgehead atoms. The van der Waals surface area contributed by atoms with Gasteiger partial charge in [0, 0.05) is 10.9 Å². The Kier molecular flexibility index (Phi) is 3.70. The molecule has 2 N–H and O–H groups in total. The normalized spacial score (nSPS) is 11.1. The SMILES string of the molecule is Cc1nnsc1CNC(=O)c1[nH]c2c(C)ccc(C)c2c1C. The van der Waals surface area contributed by atoms with Crippen LogP contribution in [0.15, 0.2) is 12.1 Å². The van der Waals surface area contributed by atoms with Crippen molar-refractivity contribution in [2.45, 2.75) is 34.2 Å². The Bertz CT molecular complexity index is 863. The first-order valence-electron chi connectivity index (χ1n) is 7.13. The van der Waals surface area contributed by atoms with E-state index < -0.39 is 0 Å². The highest BCUT2D eigenvalue weighted by atomic mass is 32.1. The molecule has 0 aliphatic heterocycles. The van der Waals surface area contributed by atoms with Crippen LogP contribution in [0.1, 0.15) is 37.7 Å². The van der Waals surface area contributed by atoms with Crippen LogP contribution in [0.4, 0.5) is 0 Å². The molecule has 2 aromatic heterocycles. The van der Waals surface area contributed by atoms with Crippen LogP contribution in [0.25, 0.3) is 10.9 Å². The van der Waals surface area contributed by atoms with E-state index in [1.54, 1.807) is 0 Å². The molecule has 6 heteroatoms. The Hall–Kier alpha value is -2.21. The van der Waals surface area contributed by atoms with Gasteiger partial charge in [0.2, 0.25) is 0 Å². The highest BCUT2D eigenvalue weighted by molar-refractivity contribution is 7.05. The minimum absolute atomic E-state index is 0.0969. The summed E-state index contributed by atoms with van der Waals surface area (Å²) in [5, 5.41) is 8.03. The van der Waals surface area contributed by atoms with Crippen LogP contribution in [-0.4, -0.2) is 20.5 Å². The zero-order chi connectivity index (χ0) is 15.9. The molecule has 22 heavy (non-hydrogen) atoms. The monoisotopic (exact) mass is 314 g/mol. The molecule has 0 saturated carbocycles. The van der Waals surface area contributed by atoms with E-state index >= 15 is 0 Å². The lowest BCUT2D eigenvalue weighted by molar-refractivity contribution is 0.0946. The molecule has 0 unspecified atom stereocenters. The Labute approximate surface area is 132 Å². The van der Waals surface area contributed by atoms with Gasteiger partial charge in [0.05, 0.1) is 17.1 Å². The van der Waals surface area contributed by atoms with Gasteiger partial charge < -0.3 is 10.3 Å². The van der Waals surface area contributed by atoms with Crippen molar-refractivity contribution in [3.63, 3.8) is 0 Å². The van der Waals surface area contributed by atoms with Crippen molar-refractivity contribution in [1.29, 1.82) is 0 Å². The number of carbonyl (C=O) groups excluding carboxylic acids is 1. The second-order valence-corrected chi connectivity index (χ2v) is 6.38. The van der Waals surface area contributed by atoms with Gasteiger partial charge in [-0.25, -0.2) is 0 Å². The van der Waals surface area contributed by atoms with Crippen molar-refractivity contribution in [2.24, 2.45) is 0 Å². The van der Waals surface area contributed by atoms with E-state index in [2.05, 4.69) is 38.9 Å². The minimum Gasteiger partial charge on any atom is -0.350 e. The number of H-pyrrole nitrogens is 1. The number of fused-ring (bicyclic) bond motifs is 1. The number of rotatable bonds is 3. The Morgan fingerprint density at radius 1 is 1.23 bits per heavy atom. The third-order valence-electron chi connectivity index (χ3n) is 4.00. The molecule has 0 atom stereocenters. The summed E-state index contributed by atoms with van der Waals surface area (Å²) in [6.07, 6.45) is 0. The summed E-state index contributed by atoms with van der Waals surface area (Å²) < 4.78 is 3.88. The summed E-state index contributed by atoms with van der Waals surface area (Å²) >= 11 is 1.31. The third-order valence-corrected chi connectivity index (χ3v) is 4.83. The second-order valence-electron chi connectivity index (χ2n) is 5.54. The zero-order valence-corrected chi connectivity index (χ0v) is 13.9. The fourth-order valence-corrected chi connectivity index (χ4v) is 3.26. The molecular formula is C16H18N4OS. The lowest BCUT2D eigenvalue weighted by atomic mass is 10.0. The van der Waals surface area contributed by atoms with Gasteiger partial charge in [0.15, 0.2) is 0 Å². The summed E-state index contributed by atoms with van der Waals surface area (Å²) in [6.45, 7) is 8.45. The first-order valence-corrected chi connectivity index (χ1v) is 7.91. The number of aromatic nitrogens is 3. The molecule has 0 saturated heterocycles. The maximum atomic E-state index is 12.5. The molecule has 0 aliphatic rings. The predicted octanol–water partition coefficient (Wildman–Crippen LogP) is 3.18. The smallest absolute Gasteiger partial charge is 0.268 e. The lowest BCUT2D eigenvalue weighted by Gasteiger charge is -2.03. The number of hydrogen-bond donors (Lipinski definition) is 2. The second kappa shape index (κ2) is 5.53. The van der Waals surface area contributed by atoms with Crippen LogP contribution in [0.5, 0.6) is 0 Å². The maximum absolute atomic E-state index is 12.5. The highest BCUT2D eigenvalue weighted by Gasteiger charge is 2.17. The first-order chi connectivity index (χ1) is 10.5. The molecule has 0 radical (unpaired) electrons. The Morgan fingerprint density at radius 3 is 2.59 bits per heavy atom. The van der Waals surface area contributed by atoms with E-state index in [-0.39, 0.29) is 5.91 Å². The molecule has 1 amide bonds. The van der Waals surface area contributed by atoms with Gasteiger partial charge in [-0.05, 0) is 55.9 Å². The summed E-state index contributed by atoms with van der Waals surface area (Å²) in [7, 11) is 0. The van der Waals surface area contributed by atoms with Crippen molar-refractivity contribution in [3.8, 4) is 0 Å². The van der Waals surface area contributed by atoms with Crippen LogP contribution in [0.3, 0.4) is 0 Å². The summed E-state index contributed by atoms with van der Waals surface area (Å²) in [5.74, 6) is -0.0969. The largest absolute Gasteiger partial charge is 0.350 e. The lowest BCUT2D eigenvalue weighted by Crippen LogP contribution is -2.23. The molecule has 114 valence electrons. The van der Waals surface area contributed by atoms with Gasteiger partial charge in [-0.15, -0.1) is 5.10 Å². The first kappa shape index (κ1) is 14.7. The van der Waals surface area contributed by atoms with Gasteiger partial charge in [0.25, 0.3) is 5.91 Å².